The predicted molar refractivity (Wildman–Crippen MR) is 87.7 cm³/mol. The molecular formula is C16H29NO5S. The van der Waals surface area contributed by atoms with E-state index >= 15 is 0 Å². The van der Waals surface area contributed by atoms with E-state index < -0.39 is 15.7 Å². The van der Waals surface area contributed by atoms with E-state index in [1.807, 2.05) is 20.8 Å². The summed E-state index contributed by atoms with van der Waals surface area (Å²) in [4.78, 5) is 14.4. The highest BCUT2D eigenvalue weighted by Gasteiger charge is 2.49. The normalized spacial score (nSPS) is 29.0. The first kappa shape index (κ1) is 18.5. The second kappa shape index (κ2) is 6.59. The molecular weight excluding hydrogens is 318 g/mol. The molecule has 7 heteroatoms. The third-order valence-electron chi connectivity index (χ3n) is 4.75. The van der Waals surface area contributed by atoms with Crippen LogP contribution >= 0.6 is 0 Å². The van der Waals surface area contributed by atoms with Crippen molar-refractivity contribution in [3.63, 3.8) is 0 Å². The molecule has 1 aliphatic heterocycles. The van der Waals surface area contributed by atoms with Crippen molar-refractivity contribution in [1.29, 1.82) is 0 Å². The number of fused-ring (bicyclic) bond motifs is 1. The number of rotatable bonds is 3. The van der Waals surface area contributed by atoms with E-state index in [0.29, 0.717) is 6.54 Å². The maximum atomic E-state index is 12.6. The Morgan fingerprint density at radius 2 is 1.87 bits per heavy atom. The summed E-state index contributed by atoms with van der Waals surface area (Å²) in [6.45, 7) is 6.40. The van der Waals surface area contributed by atoms with Crippen LogP contribution in [0.15, 0.2) is 0 Å². The van der Waals surface area contributed by atoms with E-state index in [2.05, 4.69) is 0 Å². The molecule has 0 aromatic heterocycles. The largest absolute Gasteiger partial charge is 0.444 e. The van der Waals surface area contributed by atoms with Gasteiger partial charge in [-0.05, 0) is 46.5 Å². The number of likely N-dealkylation sites (tertiary alicyclic amines) is 1. The first-order chi connectivity index (χ1) is 10.5. The Labute approximate surface area is 139 Å². The SMILES string of the molecule is CC(C)(C)OC(=O)N1CCC[C@@]2(COS(C)(=O)=O)CCCC[C@H]12. The van der Waals surface area contributed by atoms with Crippen molar-refractivity contribution >= 4 is 16.2 Å². The van der Waals surface area contributed by atoms with Crippen LogP contribution in [0.1, 0.15) is 59.3 Å². The molecule has 0 aromatic carbocycles. The Balaban J connectivity index is 2.18. The number of ether oxygens (including phenoxy) is 1. The van der Waals surface area contributed by atoms with Crippen molar-refractivity contribution in [2.45, 2.75) is 70.9 Å². The standard InChI is InChI=1S/C16H29NO5S/c1-15(2,3)22-14(18)17-11-7-10-16(12-21-23(4,19)20)9-6-5-8-13(16)17/h13H,5-12H2,1-4H3/t13-,16+/m0/s1. The molecule has 0 bridgehead atoms. The summed E-state index contributed by atoms with van der Waals surface area (Å²) >= 11 is 0. The molecule has 0 radical (unpaired) electrons. The molecule has 134 valence electrons. The lowest BCUT2D eigenvalue weighted by Crippen LogP contribution is -2.58. The number of carbonyl (C=O) groups excluding carboxylic acids is 1. The highest BCUT2D eigenvalue weighted by Crippen LogP contribution is 2.46. The van der Waals surface area contributed by atoms with Gasteiger partial charge in [0.2, 0.25) is 0 Å². The Morgan fingerprint density at radius 3 is 2.48 bits per heavy atom. The third-order valence-corrected chi connectivity index (χ3v) is 5.29. The summed E-state index contributed by atoms with van der Waals surface area (Å²) in [5, 5.41) is 0. The summed E-state index contributed by atoms with van der Waals surface area (Å²) in [5.74, 6) is 0. The molecule has 1 saturated carbocycles. The molecule has 1 heterocycles. The van der Waals surface area contributed by atoms with Crippen molar-refractivity contribution in [2.75, 3.05) is 19.4 Å². The fourth-order valence-electron chi connectivity index (χ4n) is 3.83. The van der Waals surface area contributed by atoms with Crippen molar-refractivity contribution in [3.8, 4) is 0 Å². The maximum absolute atomic E-state index is 12.6. The van der Waals surface area contributed by atoms with E-state index in [-0.39, 0.29) is 24.2 Å². The molecule has 0 unspecified atom stereocenters. The summed E-state index contributed by atoms with van der Waals surface area (Å²) < 4.78 is 33.5. The van der Waals surface area contributed by atoms with Crippen LogP contribution < -0.4 is 0 Å². The van der Waals surface area contributed by atoms with Crippen LogP contribution in [-0.2, 0) is 19.0 Å². The van der Waals surface area contributed by atoms with Gasteiger partial charge in [-0.15, -0.1) is 0 Å². The Morgan fingerprint density at radius 1 is 1.22 bits per heavy atom. The Hall–Kier alpha value is -0.820. The fourth-order valence-corrected chi connectivity index (χ4v) is 4.28. The molecule has 2 rings (SSSR count). The summed E-state index contributed by atoms with van der Waals surface area (Å²) in [7, 11) is -3.48. The topological polar surface area (TPSA) is 72.9 Å². The van der Waals surface area contributed by atoms with Crippen LogP contribution in [0.3, 0.4) is 0 Å². The zero-order chi connectivity index (χ0) is 17.3. The highest BCUT2D eigenvalue weighted by molar-refractivity contribution is 7.85. The first-order valence-electron chi connectivity index (χ1n) is 8.36. The second-order valence-electron chi connectivity index (χ2n) is 7.87. The monoisotopic (exact) mass is 347 g/mol. The fraction of sp³-hybridized carbons (Fsp3) is 0.938. The smallest absolute Gasteiger partial charge is 0.410 e. The molecule has 2 atom stereocenters. The average molecular weight is 347 g/mol. The molecule has 23 heavy (non-hydrogen) atoms. The molecule has 2 fully saturated rings. The zero-order valence-electron chi connectivity index (χ0n) is 14.6. The number of carbonyl (C=O) groups is 1. The molecule has 0 N–H and O–H groups in total. The van der Waals surface area contributed by atoms with Crippen molar-refractivity contribution in [1.82, 2.24) is 4.90 Å². The number of piperidine rings is 1. The Bertz CT molecular complexity index is 535. The van der Waals surface area contributed by atoms with Crippen LogP contribution in [-0.4, -0.2) is 50.5 Å². The van der Waals surface area contributed by atoms with E-state index in [9.17, 15) is 13.2 Å². The third kappa shape index (κ3) is 4.83. The highest BCUT2D eigenvalue weighted by atomic mass is 32.2. The molecule has 1 saturated heterocycles. The molecule has 6 nitrogen and oxygen atoms in total. The van der Waals surface area contributed by atoms with Crippen molar-refractivity contribution in [2.24, 2.45) is 5.41 Å². The summed E-state index contributed by atoms with van der Waals surface area (Å²) in [6, 6.07) is 0.00148. The van der Waals surface area contributed by atoms with Gasteiger partial charge in [-0.3, -0.25) is 4.18 Å². The number of nitrogens with zero attached hydrogens (tertiary/aromatic N) is 1. The van der Waals surface area contributed by atoms with Gasteiger partial charge in [0, 0.05) is 18.0 Å². The van der Waals surface area contributed by atoms with Gasteiger partial charge in [0.25, 0.3) is 10.1 Å². The molecule has 1 aliphatic carbocycles. The van der Waals surface area contributed by atoms with E-state index in [1.54, 1.807) is 4.90 Å². The van der Waals surface area contributed by atoms with E-state index in [1.165, 1.54) is 0 Å². The lowest BCUT2D eigenvalue weighted by Gasteiger charge is -2.52. The van der Waals surface area contributed by atoms with Crippen LogP contribution in [0.4, 0.5) is 4.79 Å². The van der Waals surface area contributed by atoms with Crippen LogP contribution in [0, 0.1) is 5.41 Å². The summed E-state index contributed by atoms with van der Waals surface area (Å²) in [6.07, 6.45) is 6.40. The van der Waals surface area contributed by atoms with E-state index in [4.69, 9.17) is 8.92 Å². The maximum Gasteiger partial charge on any atom is 0.410 e. The van der Waals surface area contributed by atoms with Gasteiger partial charge in [0.1, 0.15) is 5.60 Å². The molecule has 1 amide bonds. The Kier molecular flexibility index (Phi) is 5.31. The van der Waals surface area contributed by atoms with Crippen molar-refractivity contribution in [3.05, 3.63) is 0 Å². The first-order valence-corrected chi connectivity index (χ1v) is 10.2. The molecule has 0 aromatic rings. The minimum atomic E-state index is -3.48. The second-order valence-corrected chi connectivity index (χ2v) is 9.51. The minimum Gasteiger partial charge on any atom is -0.444 e. The number of amides is 1. The van der Waals surface area contributed by atoms with Gasteiger partial charge >= 0.3 is 6.09 Å². The van der Waals surface area contributed by atoms with Crippen LogP contribution in [0.25, 0.3) is 0 Å². The van der Waals surface area contributed by atoms with E-state index in [0.717, 1.165) is 44.8 Å². The van der Waals surface area contributed by atoms with Gasteiger partial charge < -0.3 is 9.64 Å². The van der Waals surface area contributed by atoms with Gasteiger partial charge in [-0.25, -0.2) is 4.79 Å². The predicted octanol–water partition coefficient (Wildman–Crippen LogP) is 2.92. The van der Waals surface area contributed by atoms with Crippen molar-refractivity contribution < 1.29 is 22.1 Å². The number of hydrogen-bond donors (Lipinski definition) is 0. The summed E-state index contributed by atoms with van der Waals surface area (Å²) in [5.41, 5.74) is -0.800. The minimum absolute atomic E-state index is 0.00148. The van der Waals surface area contributed by atoms with Gasteiger partial charge in [-0.1, -0.05) is 12.8 Å². The molecule has 2 aliphatic rings. The van der Waals surface area contributed by atoms with Gasteiger partial charge in [-0.2, -0.15) is 8.42 Å². The lowest BCUT2D eigenvalue weighted by atomic mass is 9.65. The molecule has 0 spiro atoms. The van der Waals surface area contributed by atoms with Gasteiger partial charge in [0.15, 0.2) is 0 Å². The van der Waals surface area contributed by atoms with Crippen LogP contribution in [0.5, 0.6) is 0 Å². The zero-order valence-corrected chi connectivity index (χ0v) is 15.4. The lowest BCUT2D eigenvalue weighted by molar-refractivity contribution is -0.0564. The quantitative estimate of drug-likeness (QED) is 0.734. The van der Waals surface area contributed by atoms with Gasteiger partial charge in [0.05, 0.1) is 12.9 Å². The average Bonchev–Trinajstić information content (AvgIpc) is 2.42. The van der Waals surface area contributed by atoms with Crippen LogP contribution in [0.2, 0.25) is 0 Å². The number of hydrogen-bond acceptors (Lipinski definition) is 5.